The second-order valence-electron chi connectivity index (χ2n) is 11.1. The van der Waals surface area contributed by atoms with Gasteiger partial charge in [-0.15, -0.1) is 0 Å². The number of pyridine rings is 1. The lowest BCUT2D eigenvalue weighted by Crippen LogP contribution is -2.30. The van der Waals surface area contributed by atoms with Gasteiger partial charge < -0.3 is 30.2 Å². The molecule has 2 aliphatic heterocycles. The lowest BCUT2D eigenvalue weighted by atomic mass is 10.00. The molecule has 1 saturated heterocycles. The van der Waals surface area contributed by atoms with Crippen molar-refractivity contribution in [2.75, 3.05) is 32.6 Å². The van der Waals surface area contributed by atoms with Gasteiger partial charge in [0.15, 0.2) is 5.82 Å². The van der Waals surface area contributed by atoms with Crippen molar-refractivity contribution in [2.45, 2.75) is 32.0 Å². The molecule has 0 saturated carbocycles. The SMILES string of the molecule is COc1nc(-c2cccc(-c3cccc(NC(=O)c4nc5c(n4C)CCN(C)C5)c3Cl)c2Cl)ccc1CN[C@@H]1CNC(=O)C1. The van der Waals surface area contributed by atoms with Crippen LogP contribution in [0, 0.1) is 0 Å². The first kappa shape index (κ1) is 30.1. The number of imidazole rings is 1. The van der Waals surface area contributed by atoms with Crippen LogP contribution < -0.4 is 20.7 Å². The number of fused-ring (bicyclic) bond motifs is 1. The van der Waals surface area contributed by atoms with E-state index in [1.54, 1.807) is 13.2 Å². The van der Waals surface area contributed by atoms with Crippen LogP contribution in [0.4, 0.5) is 5.69 Å². The maximum Gasteiger partial charge on any atom is 0.291 e. The zero-order valence-corrected chi connectivity index (χ0v) is 26.2. The molecule has 2 aliphatic rings. The Kier molecular flexibility index (Phi) is 8.59. The van der Waals surface area contributed by atoms with Crippen LogP contribution >= 0.6 is 23.2 Å². The predicted octanol–water partition coefficient (Wildman–Crippen LogP) is 4.68. The number of nitrogens with zero attached hydrogens (tertiary/aromatic N) is 4. The third kappa shape index (κ3) is 5.90. The molecule has 0 aliphatic carbocycles. The Morgan fingerprint density at radius 2 is 1.80 bits per heavy atom. The van der Waals surface area contributed by atoms with Gasteiger partial charge >= 0.3 is 0 Å². The maximum atomic E-state index is 13.3. The minimum Gasteiger partial charge on any atom is -0.481 e. The summed E-state index contributed by atoms with van der Waals surface area (Å²) in [5, 5.41) is 9.99. The first-order valence-corrected chi connectivity index (χ1v) is 15.1. The average molecular weight is 635 g/mol. The monoisotopic (exact) mass is 633 g/mol. The molecule has 1 fully saturated rings. The molecule has 0 bridgehead atoms. The molecule has 6 rings (SSSR count). The number of hydrogen-bond acceptors (Lipinski definition) is 7. The standard InChI is InChI=1S/C32H33Cl2N7O3/c1-40-13-12-26-25(17-40)37-30(41(26)2)31(43)38-24-9-5-7-21(29(24)34)20-6-4-8-22(28(20)33)23-11-10-18(32(39-23)44-3)15-35-19-14-27(42)36-16-19/h4-11,19,35H,12-17H2,1-3H3,(H,36,42)(H,38,43)/t19-/m0/s1. The summed E-state index contributed by atoms with van der Waals surface area (Å²) in [6.07, 6.45) is 1.29. The number of benzene rings is 2. The van der Waals surface area contributed by atoms with E-state index in [0.717, 1.165) is 29.9 Å². The molecule has 0 radical (unpaired) electrons. The molecule has 1 atom stereocenters. The van der Waals surface area contributed by atoms with E-state index in [0.29, 0.717) is 75.9 Å². The Hall–Kier alpha value is -3.96. The van der Waals surface area contributed by atoms with E-state index in [9.17, 15) is 9.59 Å². The lowest BCUT2D eigenvalue weighted by molar-refractivity contribution is -0.119. The minimum atomic E-state index is -0.329. The number of carbonyl (C=O) groups is 2. The fourth-order valence-electron chi connectivity index (χ4n) is 5.75. The number of amides is 2. The van der Waals surface area contributed by atoms with Gasteiger partial charge in [0.25, 0.3) is 5.91 Å². The van der Waals surface area contributed by atoms with E-state index in [4.69, 9.17) is 32.9 Å². The Balaban J connectivity index is 1.25. The fraction of sp³-hybridized carbons (Fsp3) is 0.312. The number of likely N-dealkylation sites (N-methyl/N-ethyl adjacent to an activating group) is 1. The van der Waals surface area contributed by atoms with Gasteiger partial charge in [-0.05, 0) is 19.2 Å². The zero-order chi connectivity index (χ0) is 31.0. The summed E-state index contributed by atoms with van der Waals surface area (Å²) in [6, 6.07) is 15.0. The van der Waals surface area contributed by atoms with E-state index < -0.39 is 0 Å². The molecule has 4 aromatic rings. The molecule has 2 aromatic carbocycles. The number of halogens is 2. The number of aromatic nitrogens is 3. The van der Waals surface area contributed by atoms with Gasteiger partial charge in [0.2, 0.25) is 11.8 Å². The number of rotatable bonds is 8. The Bertz CT molecular complexity index is 1760. The average Bonchev–Trinajstić information content (AvgIpc) is 3.59. The molecule has 2 aromatic heterocycles. The van der Waals surface area contributed by atoms with Crippen LogP contribution in [-0.4, -0.2) is 64.5 Å². The van der Waals surface area contributed by atoms with Crippen molar-refractivity contribution in [2.24, 2.45) is 7.05 Å². The van der Waals surface area contributed by atoms with Crippen LogP contribution in [0.2, 0.25) is 10.0 Å². The van der Waals surface area contributed by atoms with E-state index >= 15 is 0 Å². The molecule has 3 N–H and O–H groups in total. The van der Waals surface area contributed by atoms with Crippen LogP contribution in [0.15, 0.2) is 48.5 Å². The Morgan fingerprint density at radius 1 is 1.05 bits per heavy atom. The number of anilines is 1. The number of carbonyl (C=O) groups excluding carboxylic acids is 2. The molecule has 10 nitrogen and oxygen atoms in total. The number of hydrogen-bond donors (Lipinski definition) is 3. The first-order chi connectivity index (χ1) is 21.2. The number of ether oxygens (including phenoxy) is 1. The van der Waals surface area contributed by atoms with E-state index in [2.05, 4.69) is 25.8 Å². The highest BCUT2D eigenvalue weighted by molar-refractivity contribution is 6.39. The van der Waals surface area contributed by atoms with Gasteiger partial charge in [-0.25, -0.2) is 9.97 Å². The van der Waals surface area contributed by atoms with Gasteiger partial charge in [-0.1, -0.05) is 59.6 Å². The summed E-state index contributed by atoms with van der Waals surface area (Å²) >= 11 is 13.9. The molecule has 44 heavy (non-hydrogen) atoms. The largest absolute Gasteiger partial charge is 0.481 e. The van der Waals surface area contributed by atoms with E-state index in [1.807, 2.05) is 61.1 Å². The highest BCUT2D eigenvalue weighted by atomic mass is 35.5. The van der Waals surface area contributed by atoms with Crippen LogP contribution in [-0.2, 0) is 31.4 Å². The number of nitrogens with one attached hydrogen (secondary N) is 3. The molecule has 0 spiro atoms. The summed E-state index contributed by atoms with van der Waals surface area (Å²) in [4.78, 5) is 36.4. The minimum absolute atomic E-state index is 0.0464. The maximum absolute atomic E-state index is 13.3. The van der Waals surface area contributed by atoms with Gasteiger partial charge in [0.05, 0.1) is 34.2 Å². The quantitative estimate of drug-likeness (QED) is 0.258. The van der Waals surface area contributed by atoms with E-state index in [-0.39, 0.29) is 17.9 Å². The van der Waals surface area contributed by atoms with Gasteiger partial charge in [0.1, 0.15) is 0 Å². The van der Waals surface area contributed by atoms with Crippen LogP contribution in [0.25, 0.3) is 22.4 Å². The zero-order valence-electron chi connectivity index (χ0n) is 24.7. The number of methoxy groups -OCH3 is 1. The topological polar surface area (TPSA) is 113 Å². The van der Waals surface area contributed by atoms with Crippen molar-refractivity contribution in [3.05, 3.63) is 81.4 Å². The summed E-state index contributed by atoms with van der Waals surface area (Å²) < 4.78 is 7.47. The van der Waals surface area contributed by atoms with Gasteiger partial charge in [-0.3, -0.25) is 9.59 Å². The summed E-state index contributed by atoms with van der Waals surface area (Å²) in [5.41, 5.74) is 6.05. The first-order valence-electron chi connectivity index (χ1n) is 14.4. The van der Waals surface area contributed by atoms with Gasteiger partial charge in [-0.2, -0.15) is 0 Å². The fourth-order valence-corrected chi connectivity index (χ4v) is 6.35. The van der Waals surface area contributed by atoms with Crippen molar-refractivity contribution < 1.29 is 14.3 Å². The van der Waals surface area contributed by atoms with Crippen LogP contribution in [0.3, 0.4) is 0 Å². The normalized spacial score (nSPS) is 16.5. The van der Waals surface area contributed by atoms with Crippen molar-refractivity contribution in [3.8, 4) is 28.3 Å². The Morgan fingerprint density at radius 3 is 2.55 bits per heavy atom. The molecule has 12 heteroatoms. The van der Waals surface area contributed by atoms with Crippen molar-refractivity contribution in [1.82, 2.24) is 30.1 Å². The molecular formula is C32H33Cl2N7O3. The Labute approximate surface area is 265 Å². The van der Waals surface area contributed by atoms with Crippen LogP contribution in [0.5, 0.6) is 5.88 Å². The lowest BCUT2D eigenvalue weighted by Gasteiger charge is -2.21. The second kappa shape index (κ2) is 12.6. The summed E-state index contributed by atoms with van der Waals surface area (Å²) in [5.74, 6) is 0.535. The highest BCUT2D eigenvalue weighted by Crippen LogP contribution is 2.41. The molecule has 2 amide bonds. The smallest absolute Gasteiger partial charge is 0.291 e. The predicted molar refractivity (Wildman–Crippen MR) is 171 cm³/mol. The highest BCUT2D eigenvalue weighted by Gasteiger charge is 2.25. The van der Waals surface area contributed by atoms with Crippen LogP contribution in [0.1, 0.15) is 34.0 Å². The molecular weight excluding hydrogens is 601 g/mol. The molecule has 4 heterocycles. The van der Waals surface area contributed by atoms with Crippen molar-refractivity contribution in [3.63, 3.8) is 0 Å². The molecule has 228 valence electrons. The summed E-state index contributed by atoms with van der Waals surface area (Å²) in [6.45, 7) is 2.75. The second-order valence-corrected chi connectivity index (χ2v) is 11.9. The third-order valence-electron chi connectivity index (χ3n) is 8.15. The van der Waals surface area contributed by atoms with Gasteiger partial charge in [0, 0.05) is 80.1 Å². The summed E-state index contributed by atoms with van der Waals surface area (Å²) in [7, 11) is 5.49. The third-order valence-corrected chi connectivity index (χ3v) is 8.97. The van der Waals surface area contributed by atoms with Crippen molar-refractivity contribution >= 4 is 40.7 Å². The van der Waals surface area contributed by atoms with Crippen molar-refractivity contribution in [1.29, 1.82) is 0 Å². The van der Waals surface area contributed by atoms with E-state index in [1.165, 1.54) is 0 Å². The molecule has 0 unspecified atom stereocenters.